The average molecular weight is 352 g/mol. The van der Waals surface area contributed by atoms with Gasteiger partial charge in [-0.2, -0.15) is 0 Å². The highest BCUT2D eigenvalue weighted by Crippen LogP contribution is 2.17. The topological polar surface area (TPSA) is 49.4 Å². The van der Waals surface area contributed by atoms with Crippen molar-refractivity contribution in [3.8, 4) is 0 Å². The molecule has 0 radical (unpaired) electrons. The molecule has 2 amide bonds. The van der Waals surface area contributed by atoms with E-state index in [0.29, 0.717) is 19.5 Å². The molecule has 1 atom stereocenters. The Morgan fingerprint density at radius 2 is 1.46 bits per heavy atom. The van der Waals surface area contributed by atoms with E-state index >= 15 is 0 Å². The first-order valence-electron chi connectivity index (χ1n) is 9.19. The van der Waals surface area contributed by atoms with Crippen LogP contribution in [0, 0.1) is 5.92 Å². The molecule has 0 aromatic heterocycles. The van der Waals surface area contributed by atoms with Crippen molar-refractivity contribution >= 4 is 11.8 Å². The highest BCUT2D eigenvalue weighted by Gasteiger charge is 2.31. The second-order valence-corrected chi connectivity index (χ2v) is 6.71. The minimum absolute atomic E-state index is 0.0129. The minimum atomic E-state index is -0.535. The maximum Gasteiger partial charge on any atom is 0.243 e. The second-order valence-electron chi connectivity index (χ2n) is 6.71. The number of nitrogens with one attached hydrogen (secondary N) is 1. The number of rotatable bonds is 8. The largest absolute Gasteiger partial charge is 0.355 e. The van der Waals surface area contributed by atoms with Crippen LogP contribution in [-0.4, -0.2) is 29.3 Å². The van der Waals surface area contributed by atoms with E-state index in [-0.39, 0.29) is 17.7 Å². The van der Waals surface area contributed by atoms with Gasteiger partial charge in [0.1, 0.15) is 6.04 Å². The van der Waals surface area contributed by atoms with Crippen LogP contribution in [-0.2, 0) is 22.6 Å². The van der Waals surface area contributed by atoms with Crippen LogP contribution in [0.15, 0.2) is 60.7 Å². The zero-order chi connectivity index (χ0) is 18.9. The van der Waals surface area contributed by atoms with E-state index in [1.807, 2.05) is 81.4 Å². The van der Waals surface area contributed by atoms with Crippen LogP contribution in [0.4, 0.5) is 0 Å². The number of carbonyl (C=O) groups is 2. The molecule has 26 heavy (non-hydrogen) atoms. The van der Waals surface area contributed by atoms with Crippen LogP contribution in [0.5, 0.6) is 0 Å². The number of hydrogen-bond acceptors (Lipinski definition) is 2. The summed E-state index contributed by atoms with van der Waals surface area (Å²) in [6.07, 6.45) is 0.498. The summed E-state index contributed by atoms with van der Waals surface area (Å²) in [6.45, 7) is 6.60. The van der Waals surface area contributed by atoms with Crippen molar-refractivity contribution in [2.75, 3.05) is 6.54 Å². The fourth-order valence-electron chi connectivity index (χ4n) is 2.93. The first-order valence-corrected chi connectivity index (χ1v) is 9.19. The normalized spacial score (nSPS) is 11.8. The molecule has 0 spiro atoms. The van der Waals surface area contributed by atoms with Gasteiger partial charge in [0.2, 0.25) is 11.8 Å². The zero-order valence-electron chi connectivity index (χ0n) is 15.8. The first kappa shape index (κ1) is 19.7. The third-order valence-corrected chi connectivity index (χ3v) is 4.27. The SMILES string of the molecule is CCNC(=O)[C@H](Cc1ccccc1)N(Cc1ccccc1)C(=O)C(C)C. The molecule has 0 bridgehead atoms. The van der Waals surface area contributed by atoms with Gasteiger partial charge >= 0.3 is 0 Å². The minimum Gasteiger partial charge on any atom is -0.355 e. The lowest BCUT2D eigenvalue weighted by Gasteiger charge is -2.32. The van der Waals surface area contributed by atoms with Crippen LogP contribution in [0.25, 0.3) is 0 Å². The van der Waals surface area contributed by atoms with Crippen molar-refractivity contribution in [3.63, 3.8) is 0 Å². The van der Waals surface area contributed by atoms with Crippen molar-refractivity contribution < 1.29 is 9.59 Å². The van der Waals surface area contributed by atoms with Crippen molar-refractivity contribution in [2.24, 2.45) is 5.92 Å². The Morgan fingerprint density at radius 3 is 1.96 bits per heavy atom. The monoisotopic (exact) mass is 352 g/mol. The lowest BCUT2D eigenvalue weighted by atomic mass is 10.0. The lowest BCUT2D eigenvalue weighted by Crippen LogP contribution is -2.51. The van der Waals surface area contributed by atoms with Gasteiger partial charge in [0.15, 0.2) is 0 Å². The molecule has 0 aliphatic carbocycles. The van der Waals surface area contributed by atoms with Crippen LogP contribution in [0.3, 0.4) is 0 Å². The molecule has 138 valence electrons. The molecular weight excluding hydrogens is 324 g/mol. The Labute approximate surface area is 156 Å². The van der Waals surface area contributed by atoms with E-state index in [0.717, 1.165) is 11.1 Å². The number of carbonyl (C=O) groups excluding carboxylic acids is 2. The summed E-state index contributed by atoms with van der Waals surface area (Å²) in [5.74, 6) is -0.297. The first-order chi connectivity index (χ1) is 12.5. The molecule has 0 aliphatic rings. The molecule has 0 heterocycles. The van der Waals surface area contributed by atoms with Gasteiger partial charge in [0.05, 0.1) is 0 Å². The maximum atomic E-state index is 12.9. The molecular formula is C22H28N2O2. The summed E-state index contributed by atoms with van der Waals surface area (Å²) in [5.41, 5.74) is 2.06. The molecule has 0 saturated carbocycles. The van der Waals surface area contributed by atoms with E-state index < -0.39 is 6.04 Å². The highest BCUT2D eigenvalue weighted by atomic mass is 16.2. The fraction of sp³-hybridized carbons (Fsp3) is 0.364. The Hall–Kier alpha value is -2.62. The van der Waals surface area contributed by atoms with Crippen molar-refractivity contribution in [1.29, 1.82) is 0 Å². The lowest BCUT2D eigenvalue weighted by molar-refractivity contribution is -0.143. The molecule has 4 heteroatoms. The highest BCUT2D eigenvalue weighted by molar-refractivity contribution is 5.88. The van der Waals surface area contributed by atoms with Gasteiger partial charge in [0, 0.05) is 25.4 Å². The van der Waals surface area contributed by atoms with E-state index in [1.54, 1.807) is 4.90 Å². The van der Waals surface area contributed by atoms with Crippen LogP contribution in [0.1, 0.15) is 31.9 Å². The molecule has 2 aromatic carbocycles. The van der Waals surface area contributed by atoms with Gasteiger partial charge in [-0.25, -0.2) is 0 Å². The molecule has 0 aliphatic heterocycles. The van der Waals surface area contributed by atoms with E-state index in [2.05, 4.69) is 5.32 Å². The molecule has 1 N–H and O–H groups in total. The molecule has 0 saturated heterocycles. The third-order valence-electron chi connectivity index (χ3n) is 4.27. The van der Waals surface area contributed by atoms with Crippen LogP contribution >= 0.6 is 0 Å². The predicted octanol–water partition coefficient (Wildman–Crippen LogP) is 3.42. The number of benzene rings is 2. The Morgan fingerprint density at radius 1 is 0.923 bits per heavy atom. The molecule has 2 rings (SSSR count). The number of hydrogen-bond donors (Lipinski definition) is 1. The summed E-state index contributed by atoms with van der Waals surface area (Å²) < 4.78 is 0. The molecule has 0 fully saturated rings. The quantitative estimate of drug-likeness (QED) is 0.791. The van der Waals surface area contributed by atoms with Crippen molar-refractivity contribution in [3.05, 3.63) is 71.8 Å². The zero-order valence-corrected chi connectivity index (χ0v) is 15.8. The van der Waals surface area contributed by atoms with Crippen LogP contribution in [0.2, 0.25) is 0 Å². The predicted molar refractivity (Wildman–Crippen MR) is 104 cm³/mol. The summed E-state index contributed by atoms with van der Waals surface area (Å²) in [5, 5.41) is 2.89. The third kappa shape index (κ3) is 5.45. The standard InChI is InChI=1S/C22H28N2O2/c1-4-23-21(25)20(15-18-11-7-5-8-12-18)24(22(26)17(2)3)16-19-13-9-6-10-14-19/h5-14,17,20H,4,15-16H2,1-3H3,(H,23,25)/t20-/m0/s1. The van der Waals surface area contributed by atoms with Gasteiger partial charge in [0.25, 0.3) is 0 Å². The van der Waals surface area contributed by atoms with Gasteiger partial charge in [-0.3, -0.25) is 9.59 Å². The van der Waals surface area contributed by atoms with E-state index in [4.69, 9.17) is 0 Å². The molecule has 4 nitrogen and oxygen atoms in total. The summed E-state index contributed by atoms with van der Waals surface area (Å²) in [4.78, 5) is 27.5. The summed E-state index contributed by atoms with van der Waals surface area (Å²) in [6, 6.07) is 19.1. The number of amides is 2. The second kappa shape index (κ2) is 9.76. The number of nitrogens with zero attached hydrogens (tertiary/aromatic N) is 1. The van der Waals surface area contributed by atoms with Crippen molar-refractivity contribution in [2.45, 2.75) is 39.8 Å². The fourth-order valence-corrected chi connectivity index (χ4v) is 2.93. The maximum absolute atomic E-state index is 12.9. The molecule has 0 unspecified atom stereocenters. The molecule has 2 aromatic rings. The Kier molecular flexibility index (Phi) is 7.39. The Balaban J connectivity index is 2.35. The van der Waals surface area contributed by atoms with Gasteiger partial charge in [-0.05, 0) is 18.1 Å². The smallest absolute Gasteiger partial charge is 0.243 e. The average Bonchev–Trinajstić information content (AvgIpc) is 2.65. The van der Waals surface area contributed by atoms with Gasteiger partial charge in [-0.15, -0.1) is 0 Å². The van der Waals surface area contributed by atoms with Gasteiger partial charge in [-0.1, -0.05) is 74.5 Å². The summed E-state index contributed by atoms with van der Waals surface area (Å²) >= 11 is 0. The Bertz CT molecular complexity index is 699. The number of likely N-dealkylation sites (N-methyl/N-ethyl adjacent to an activating group) is 1. The van der Waals surface area contributed by atoms with E-state index in [9.17, 15) is 9.59 Å². The van der Waals surface area contributed by atoms with E-state index in [1.165, 1.54) is 0 Å². The van der Waals surface area contributed by atoms with Crippen LogP contribution < -0.4 is 5.32 Å². The summed E-state index contributed by atoms with van der Waals surface area (Å²) in [7, 11) is 0. The van der Waals surface area contributed by atoms with Crippen molar-refractivity contribution in [1.82, 2.24) is 10.2 Å². The van der Waals surface area contributed by atoms with Gasteiger partial charge < -0.3 is 10.2 Å².